The van der Waals surface area contributed by atoms with Gasteiger partial charge in [-0.05, 0) is 158 Å². The Balaban J connectivity index is 1.05. The number of aryl methyl sites for hydroxylation is 2. The average Bonchev–Trinajstić information content (AvgIpc) is 3.65. The molecule has 0 amide bonds. The molecular formula is C66H70N4O. The second-order valence-electron chi connectivity index (χ2n) is 24.0. The zero-order valence-electron chi connectivity index (χ0n) is 44.4. The van der Waals surface area contributed by atoms with E-state index in [1.165, 1.54) is 72.7 Å². The number of benzene rings is 7. The topological polar surface area (TPSA) is 31.8 Å². The number of hydrogen-bond acceptors (Lipinski definition) is 5. The number of fused-ring (bicyclic) bond motifs is 6. The number of ether oxygens (including phenoxy) is 1. The minimum atomic E-state index is -0.145. The Kier molecular flexibility index (Phi) is 11.6. The van der Waals surface area contributed by atoms with Gasteiger partial charge in [0, 0.05) is 35.1 Å². The van der Waals surface area contributed by atoms with E-state index in [9.17, 15) is 0 Å². The van der Waals surface area contributed by atoms with Gasteiger partial charge in [-0.2, -0.15) is 0 Å². The van der Waals surface area contributed by atoms with Crippen LogP contribution in [0.4, 0.5) is 39.9 Å². The molecule has 1 aromatic heterocycles. The van der Waals surface area contributed by atoms with Crippen LogP contribution < -0.4 is 19.4 Å². The van der Waals surface area contributed by atoms with Crippen LogP contribution in [0.25, 0.3) is 33.4 Å². The fourth-order valence-corrected chi connectivity index (χ4v) is 10.8. The predicted octanol–water partition coefficient (Wildman–Crippen LogP) is 18.7. The second kappa shape index (κ2) is 17.3. The Morgan fingerprint density at radius 1 is 0.437 bits per heavy atom. The van der Waals surface area contributed by atoms with E-state index in [4.69, 9.17) is 9.72 Å². The van der Waals surface area contributed by atoms with Crippen molar-refractivity contribution in [1.82, 2.24) is 4.98 Å². The van der Waals surface area contributed by atoms with Crippen molar-refractivity contribution in [3.63, 3.8) is 0 Å². The highest BCUT2D eigenvalue weighted by atomic mass is 16.5. The maximum atomic E-state index is 6.96. The Labute approximate surface area is 423 Å². The second-order valence-corrected chi connectivity index (χ2v) is 24.0. The number of para-hydroxylation sites is 3. The molecule has 0 unspecified atom stereocenters. The Morgan fingerprint density at radius 3 is 1.56 bits per heavy atom. The van der Waals surface area contributed by atoms with Gasteiger partial charge in [0.15, 0.2) is 0 Å². The van der Waals surface area contributed by atoms with Crippen LogP contribution in [0.2, 0.25) is 0 Å². The van der Waals surface area contributed by atoms with Crippen LogP contribution in [0.5, 0.6) is 11.5 Å². The van der Waals surface area contributed by atoms with Gasteiger partial charge < -0.3 is 14.5 Å². The first kappa shape index (κ1) is 47.6. The van der Waals surface area contributed by atoms with Crippen molar-refractivity contribution in [3.05, 3.63) is 191 Å². The highest BCUT2D eigenvalue weighted by molar-refractivity contribution is 6.02. The fourth-order valence-electron chi connectivity index (χ4n) is 10.8. The van der Waals surface area contributed by atoms with Gasteiger partial charge in [-0.25, -0.2) is 4.98 Å². The molecule has 0 fully saturated rings. The van der Waals surface area contributed by atoms with Crippen molar-refractivity contribution in [2.24, 2.45) is 0 Å². The predicted molar refractivity (Wildman–Crippen MR) is 302 cm³/mol. The molecule has 0 spiro atoms. The molecular weight excluding hydrogens is 865 g/mol. The van der Waals surface area contributed by atoms with E-state index in [0.717, 1.165) is 45.5 Å². The van der Waals surface area contributed by atoms with Gasteiger partial charge in [-0.15, -0.1) is 0 Å². The summed E-state index contributed by atoms with van der Waals surface area (Å²) in [6, 6.07) is 55.5. The maximum Gasteiger partial charge on any atom is 0.137 e. The molecule has 10 rings (SSSR count). The fraction of sp³-hybridized carbons (Fsp3) is 0.288. The van der Waals surface area contributed by atoms with Crippen LogP contribution in [0.3, 0.4) is 0 Å². The Hall–Kier alpha value is -7.11. The molecule has 8 aromatic rings. The summed E-state index contributed by atoms with van der Waals surface area (Å²) >= 11 is 0. The molecule has 360 valence electrons. The minimum absolute atomic E-state index is 0.0517. The van der Waals surface area contributed by atoms with Crippen molar-refractivity contribution in [2.45, 2.75) is 119 Å². The van der Waals surface area contributed by atoms with Crippen molar-refractivity contribution >= 4 is 39.9 Å². The number of aromatic nitrogens is 1. The lowest BCUT2D eigenvalue weighted by Gasteiger charge is -2.36. The highest BCUT2D eigenvalue weighted by Gasteiger charge is 2.37. The summed E-state index contributed by atoms with van der Waals surface area (Å²) in [5, 5.41) is 0. The van der Waals surface area contributed by atoms with Gasteiger partial charge in [0.05, 0.1) is 28.4 Å². The normalized spacial score (nSPS) is 13.6. The van der Waals surface area contributed by atoms with E-state index in [0.29, 0.717) is 6.67 Å². The number of hydrogen-bond donors (Lipinski definition) is 0. The standard InChI is InChI=1S/C66H70N4O/c1-42-34-46(64(6,7)8)35-43(2)61(42)44-36-54(65(9,10)11)62(55(37-44)66(12,13)14)69-41-68(57-28-19-20-29-58(57)69)47-22-21-23-48(39-47)71-49-30-31-53-51-25-16-15-24-50(51)52-26-17-18-27-56(52)70(59(53)40-49)60-38-45(32-33-67-60)63(3,4)5/h15-40H,41H2,1-14H3. The SMILES string of the molecule is Cc1cc(C(C)(C)C)cc(C)c1-c1cc(C(C)(C)C)c(N2CN(c3cccc(Oc4ccc5c(c4)N(c4cc(C(C)(C)C)ccn4)c4ccccc4-c4ccccc4-5)c3)c3ccccc32)c(C(C)(C)C)c1. The molecule has 0 radical (unpaired) electrons. The first-order chi connectivity index (χ1) is 33.6. The van der Waals surface area contributed by atoms with Gasteiger partial charge in [-0.3, -0.25) is 4.90 Å². The Bertz CT molecular complexity index is 3290. The number of pyridine rings is 1. The van der Waals surface area contributed by atoms with Crippen molar-refractivity contribution in [1.29, 1.82) is 0 Å². The molecule has 0 saturated heterocycles. The summed E-state index contributed by atoms with van der Waals surface area (Å²) in [5.41, 5.74) is 21.7. The molecule has 5 heteroatoms. The third-order valence-corrected chi connectivity index (χ3v) is 14.5. The smallest absolute Gasteiger partial charge is 0.137 e. The molecule has 71 heavy (non-hydrogen) atoms. The molecule has 7 aromatic carbocycles. The lowest BCUT2D eigenvalue weighted by molar-refractivity contribution is 0.483. The number of nitrogens with zero attached hydrogens (tertiary/aromatic N) is 4. The molecule has 3 heterocycles. The first-order valence-electron chi connectivity index (χ1n) is 25.4. The van der Waals surface area contributed by atoms with Gasteiger partial charge in [0.2, 0.25) is 0 Å². The van der Waals surface area contributed by atoms with E-state index in [2.05, 4.69) is 263 Å². The molecule has 0 bridgehead atoms. The third-order valence-electron chi connectivity index (χ3n) is 14.5. The number of rotatable bonds is 6. The summed E-state index contributed by atoms with van der Waals surface area (Å²) in [6.45, 7) is 33.1. The van der Waals surface area contributed by atoms with E-state index >= 15 is 0 Å². The first-order valence-corrected chi connectivity index (χ1v) is 25.4. The summed E-state index contributed by atoms with van der Waals surface area (Å²) in [5.74, 6) is 2.39. The van der Waals surface area contributed by atoms with Crippen LogP contribution in [0.15, 0.2) is 158 Å². The van der Waals surface area contributed by atoms with Crippen LogP contribution in [0.1, 0.15) is 116 Å². The average molecular weight is 935 g/mol. The quantitative estimate of drug-likeness (QED) is 0.166. The summed E-state index contributed by atoms with van der Waals surface area (Å²) in [7, 11) is 0. The third kappa shape index (κ3) is 8.79. The maximum absolute atomic E-state index is 6.96. The van der Waals surface area contributed by atoms with E-state index in [1.807, 2.05) is 6.20 Å². The van der Waals surface area contributed by atoms with E-state index in [1.54, 1.807) is 0 Å². The van der Waals surface area contributed by atoms with Gasteiger partial charge in [-0.1, -0.05) is 156 Å². The van der Waals surface area contributed by atoms with Crippen LogP contribution in [0, 0.1) is 13.8 Å². The molecule has 0 atom stereocenters. The lowest BCUT2D eigenvalue weighted by atomic mass is 9.75. The molecule has 0 N–H and O–H groups in total. The summed E-state index contributed by atoms with van der Waals surface area (Å²) in [4.78, 5) is 12.4. The highest BCUT2D eigenvalue weighted by Crippen LogP contribution is 2.54. The van der Waals surface area contributed by atoms with E-state index in [-0.39, 0.29) is 21.7 Å². The largest absolute Gasteiger partial charge is 0.457 e. The van der Waals surface area contributed by atoms with E-state index < -0.39 is 0 Å². The molecule has 2 aliphatic rings. The zero-order chi connectivity index (χ0) is 50.4. The van der Waals surface area contributed by atoms with Gasteiger partial charge in [0.25, 0.3) is 0 Å². The zero-order valence-corrected chi connectivity index (χ0v) is 44.4. The van der Waals surface area contributed by atoms with Gasteiger partial charge >= 0.3 is 0 Å². The van der Waals surface area contributed by atoms with Crippen LogP contribution >= 0.6 is 0 Å². The van der Waals surface area contributed by atoms with Crippen molar-refractivity contribution in [3.8, 4) is 44.9 Å². The Morgan fingerprint density at radius 2 is 0.972 bits per heavy atom. The summed E-state index contributed by atoms with van der Waals surface area (Å²) in [6.07, 6.45) is 1.94. The lowest BCUT2D eigenvalue weighted by Crippen LogP contribution is -2.30. The molecule has 5 nitrogen and oxygen atoms in total. The summed E-state index contributed by atoms with van der Waals surface area (Å²) < 4.78 is 6.96. The van der Waals surface area contributed by atoms with Crippen molar-refractivity contribution in [2.75, 3.05) is 21.4 Å². The van der Waals surface area contributed by atoms with Crippen molar-refractivity contribution < 1.29 is 4.74 Å². The number of anilines is 7. The van der Waals surface area contributed by atoms with Gasteiger partial charge in [0.1, 0.15) is 24.0 Å². The minimum Gasteiger partial charge on any atom is -0.457 e. The molecule has 0 saturated carbocycles. The van der Waals surface area contributed by atoms with Crippen LogP contribution in [-0.4, -0.2) is 11.7 Å². The molecule has 2 aliphatic heterocycles. The molecule has 0 aliphatic carbocycles. The van der Waals surface area contributed by atoms with Crippen LogP contribution in [-0.2, 0) is 21.7 Å². The monoisotopic (exact) mass is 935 g/mol.